The van der Waals surface area contributed by atoms with Gasteiger partial charge in [-0.3, -0.25) is 14.9 Å². The third-order valence-corrected chi connectivity index (χ3v) is 3.37. The molecular formula is C12H17N3O3S. The number of nitro groups is 1. The Bertz CT molecular complexity index is 479. The molecule has 1 aromatic carbocycles. The number of benzene rings is 1. The second-order valence-corrected chi connectivity index (χ2v) is 5.07. The van der Waals surface area contributed by atoms with Crippen molar-refractivity contribution >= 4 is 29.0 Å². The minimum Gasteiger partial charge on any atom is -0.324 e. The van der Waals surface area contributed by atoms with Crippen LogP contribution in [-0.2, 0) is 4.79 Å². The molecule has 0 saturated heterocycles. The molecule has 0 fully saturated rings. The Morgan fingerprint density at radius 3 is 2.84 bits per heavy atom. The van der Waals surface area contributed by atoms with Crippen LogP contribution in [0.2, 0.25) is 0 Å². The highest BCUT2D eigenvalue weighted by molar-refractivity contribution is 7.98. The Hall–Kier alpha value is -1.60. The first-order valence-electron chi connectivity index (χ1n) is 5.76. The van der Waals surface area contributed by atoms with Crippen molar-refractivity contribution in [3.05, 3.63) is 33.9 Å². The largest absolute Gasteiger partial charge is 0.324 e. The van der Waals surface area contributed by atoms with Crippen molar-refractivity contribution in [3.8, 4) is 0 Å². The van der Waals surface area contributed by atoms with Crippen LogP contribution in [0.1, 0.15) is 12.0 Å². The standard InChI is InChI=1S/C12H17N3O3S/c1-8-10(4-3-5-11(8)15(17)18)14-12(16)9(13)6-7-19-2/h3-5,9H,6-7,13H2,1-2H3,(H,14,16)/t9-/m0/s1. The SMILES string of the molecule is CSCC[C@H](N)C(=O)Nc1cccc([N+](=O)[O-])c1C. The third kappa shape index (κ3) is 4.22. The van der Waals surface area contributed by atoms with Crippen LogP contribution in [0.4, 0.5) is 11.4 Å². The number of hydrogen-bond donors (Lipinski definition) is 2. The number of nitrogens with one attached hydrogen (secondary N) is 1. The molecule has 0 spiro atoms. The smallest absolute Gasteiger partial charge is 0.274 e. The number of carbonyl (C=O) groups excluding carboxylic acids is 1. The van der Waals surface area contributed by atoms with Gasteiger partial charge in [0.2, 0.25) is 5.91 Å². The van der Waals surface area contributed by atoms with Gasteiger partial charge in [-0.25, -0.2) is 0 Å². The van der Waals surface area contributed by atoms with E-state index < -0.39 is 11.0 Å². The number of hydrogen-bond acceptors (Lipinski definition) is 5. The molecule has 0 unspecified atom stereocenters. The van der Waals surface area contributed by atoms with E-state index in [9.17, 15) is 14.9 Å². The van der Waals surface area contributed by atoms with E-state index in [0.717, 1.165) is 5.75 Å². The van der Waals surface area contributed by atoms with Gasteiger partial charge < -0.3 is 11.1 Å². The van der Waals surface area contributed by atoms with Crippen molar-refractivity contribution < 1.29 is 9.72 Å². The van der Waals surface area contributed by atoms with Gasteiger partial charge in [-0.1, -0.05) is 6.07 Å². The summed E-state index contributed by atoms with van der Waals surface area (Å²) in [5.74, 6) is 0.473. The van der Waals surface area contributed by atoms with Gasteiger partial charge in [-0.2, -0.15) is 11.8 Å². The average molecular weight is 283 g/mol. The molecular weight excluding hydrogens is 266 g/mol. The molecule has 0 heterocycles. The Kier molecular flexibility index (Phi) is 5.78. The molecule has 104 valence electrons. The van der Waals surface area contributed by atoms with Crippen molar-refractivity contribution in [1.82, 2.24) is 0 Å². The van der Waals surface area contributed by atoms with E-state index in [-0.39, 0.29) is 11.6 Å². The van der Waals surface area contributed by atoms with Crippen LogP contribution in [0.5, 0.6) is 0 Å². The minimum atomic E-state index is -0.605. The number of nitrogens with zero attached hydrogens (tertiary/aromatic N) is 1. The van der Waals surface area contributed by atoms with Crippen molar-refractivity contribution in [2.45, 2.75) is 19.4 Å². The van der Waals surface area contributed by atoms with Gasteiger partial charge in [0.15, 0.2) is 0 Å². The molecule has 1 atom stereocenters. The number of carbonyl (C=O) groups is 1. The molecule has 6 nitrogen and oxygen atoms in total. The van der Waals surface area contributed by atoms with Crippen molar-refractivity contribution in [2.75, 3.05) is 17.3 Å². The summed E-state index contributed by atoms with van der Waals surface area (Å²) in [7, 11) is 0. The molecule has 0 radical (unpaired) electrons. The maximum atomic E-state index is 11.8. The van der Waals surface area contributed by atoms with Gasteiger partial charge >= 0.3 is 0 Å². The Morgan fingerprint density at radius 2 is 2.26 bits per heavy atom. The van der Waals surface area contributed by atoms with Crippen LogP contribution >= 0.6 is 11.8 Å². The average Bonchev–Trinajstić information content (AvgIpc) is 2.37. The maximum absolute atomic E-state index is 11.8. The van der Waals surface area contributed by atoms with Gasteiger partial charge in [-0.15, -0.1) is 0 Å². The van der Waals surface area contributed by atoms with Gasteiger partial charge in [0.25, 0.3) is 5.69 Å². The Labute approximate surface area is 115 Å². The lowest BCUT2D eigenvalue weighted by atomic mass is 10.1. The predicted octanol–water partition coefficient (Wildman–Crippen LogP) is 1.92. The molecule has 0 aliphatic carbocycles. The highest BCUT2D eigenvalue weighted by Gasteiger charge is 2.17. The van der Waals surface area contributed by atoms with Gasteiger partial charge in [0, 0.05) is 6.07 Å². The van der Waals surface area contributed by atoms with E-state index in [2.05, 4.69) is 5.32 Å². The van der Waals surface area contributed by atoms with E-state index >= 15 is 0 Å². The summed E-state index contributed by atoms with van der Waals surface area (Å²) in [6, 6.07) is 3.96. The summed E-state index contributed by atoms with van der Waals surface area (Å²) in [4.78, 5) is 22.2. The van der Waals surface area contributed by atoms with Crippen molar-refractivity contribution in [2.24, 2.45) is 5.73 Å². The molecule has 0 aromatic heterocycles. The lowest BCUT2D eigenvalue weighted by Gasteiger charge is -2.13. The van der Waals surface area contributed by atoms with Crippen LogP contribution in [-0.4, -0.2) is 28.9 Å². The molecule has 0 bridgehead atoms. The lowest BCUT2D eigenvalue weighted by molar-refractivity contribution is -0.385. The predicted molar refractivity (Wildman–Crippen MR) is 77.4 cm³/mol. The van der Waals surface area contributed by atoms with Gasteiger partial charge in [0.1, 0.15) is 0 Å². The van der Waals surface area contributed by atoms with Crippen LogP contribution in [0, 0.1) is 17.0 Å². The summed E-state index contributed by atoms with van der Waals surface area (Å²) in [6.07, 6.45) is 2.51. The first-order chi connectivity index (χ1) is 8.97. The summed E-state index contributed by atoms with van der Waals surface area (Å²) >= 11 is 1.61. The van der Waals surface area contributed by atoms with E-state index in [1.807, 2.05) is 6.26 Å². The first-order valence-corrected chi connectivity index (χ1v) is 7.16. The molecule has 0 aliphatic rings. The topological polar surface area (TPSA) is 98.3 Å². The third-order valence-electron chi connectivity index (χ3n) is 2.73. The van der Waals surface area contributed by atoms with E-state index in [0.29, 0.717) is 17.7 Å². The number of rotatable bonds is 6. The van der Waals surface area contributed by atoms with Crippen molar-refractivity contribution in [1.29, 1.82) is 0 Å². The Balaban J connectivity index is 2.80. The van der Waals surface area contributed by atoms with Crippen LogP contribution in [0.15, 0.2) is 18.2 Å². The second-order valence-electron chi connectivity index (χ2n) is 4.08. The fraction of sp³-hybridized carbons (Fsp3) is 0.417. The molecule has 0 saturated carbocycles. The first kappa shape index (κ1) is 15.5. The zero-order valence-corrected chi connectivity index (χ0v) is 11.7. The summed E-state index contributed by atoms with van der Waals surface area (Å²) in [5, 5.41) is 13.4. The van der Waals surface area contributed by atoms with Gasteiger partial charge in [-0.05, 0) is 31.4 Å². The fourth-order valence-corrected chi connectivity index (χ4v) is 2.05. The molecule has 1 amide bonds. The molecule has 1 aromatic rings. The quantitative estimate of drug-likeness (QED) is 0.614. The zero-order valence-electron chi connectivity index (χ0n) is 10.9. The molecule has 1 rings (SSSR count). The highest BCUT2D eigenvalue weighted by atomic mass is 32.2. The number of thioether (sulfide) groups is 1. The van der Waals surface area contributed by atoms with Gasteiger partial charge in [0.05, 0.1) is 22.2 Å². The minimum absolute atomic E-state index is 0.0181. The molecule has 19 heavy (non-hydrogen) atoms. The number of nitro benzene ring substituents is 1. The number of amides is 1. The highest BCUT2D eigenvalue weighted by Crippen LogP contribution is 2.25. The van der Waals surface area contributed by atoms with Crippen LogP contribution in [0.3, 0.4) is 0 Å². The van der Waals surface area contributed by atoms with E-state index in [1.54, 1.807) is 24.8 Å². The Morgan fingerprint density at radius 1 is 1.58 bits per heavy atom. The number of nitrogens with two attached hydrogens (primary N) is 1. The summed E-state index contributed by atoms with van der Waals surface area (Å²) in [5.41, 5.74) is 6.58. The zero-order chi connectivity index (χ0) is 14.4. The molecule has 7 heteroatoms. The fourth-order valence-electron chi connectivity index (χ4n) is 1.56. The maximum Gasteiger partial charge on any atom is 0.274 e. The monoisotopic (exact) mass is 283 g/mol. The van der Waals surface area contributed by atoms with E-state index in [1.165, 1.54) is 12.1 Å². The normalized spacial score (nSPS) is 11.9. The molecule has 0 aliphatic heterocycles. The molecule has 3 N–H and O–H groups in total. The van der Waals surface area contributed by atoms with Crippen molar-refractivity contribution in [3.63, 3.8) is 0 Å². The van der Waals surface area contributed by atoms with Crippen LogP contribution in [0.25, 0.3) is 0 Å². The van der Waals surface area contributed by atoms with Crippen LogP contribution < -0.4 is 11.1 Å². The summed E-state index contributed by atoms with van der Waals surface area (Å²) in [6.45, 7) is 1.60. The second kappa shape index (κ2) is 7.10. The summed E-state index contributed by atoms with van der Waals surface area (Å²) < 4.78 is 0. The number of anilines is 1. The lowest BCUT2D eigenvalue weighted by Crippen LogP contribution is -2.36. The van der Waals surface area contributed by atoms with E-state index in [4.69, 9.17) is 5.73 Å².